The van der Waals surface area contributed by atoms with Gasteiger partial charge in [-0.2, -0.15) is 0 Å². The molecular formula is C17H34N2. The summed E-state index contributed by atoms with van der Waals surface area (Å²) in [6.07, 6.45) is 9.93. The van der Waals surface area contributed by atoms with E-state index in [-0.39, 0.29) is 0 Å². The molecule has 0 radical (unpaired) electrons. The van der Waals surface area contributed by atoms with E-state index in [1.54, 1.807) is 0 Å². The quantitative estimate of drug-likeness (QED) is 0.764. The Hall–Kier alpha value is -0.0800. The molecule has 1 N–H and O–H groups in total. The normalized spacial score (nSPS) is 31.6. The Kier molecular flexibility index (Phi) is 6.15. The van der Waals surface area contributed by atoms with E-state index in [9.17, 15) is 0 Å². The molecule has 3 atom stereocenters. The molecule has 0 aromatic heterocycles. The van der Waals surface area contributed by atoms with E-state index < -0.39 is 0 Å². The van der Waals surface area contributed by atoms with Crippen LogP contribution in [0.4, 0.5) is 0 Å². The molecule has 0 spiro atoms. The first-order chi connectivity index (χ1) is 9.16. The van der Waals surface area contributed by atoms with Crippen LogP contribution < -0.4 is 5.32 Å². The topological polar surface area (TPSA) is 15.3 Å². The lowest BCUT2D eigenvalue weighted by atomic mass is 9.89. The molecule has 0 aromatic rings. The number of rotatable bonds is 5. The molecule has 1 aliphatic heterocycles. The predicted octanol–water partition coefficient (Wildman–Crippen LogP) is 3.67. The summed E-state index contributed by atoms with van der Waals surface area (Å²) in [5.41, 5.74) is 0. The van der Waals surface area contributed by atoms with Crippen molar-refractivity contribution < 1.29 is 0 Å². The van der Waals surface area contributed by atoms with E-state index in [1.807, 2.05) is 0 Å². The molecule has 2 aliphatic rings. The highest BCUT2D eigenvalue weighted by Crippen LogP contribution is 2.28. The van der Waals surface area contributed by atoms with E-state index in [0.717, 1.165) is 23.9 Å². The van der Waals surface area contributed by atoms with Crippen molar-refractivity contribution in [3.8, 4) is 0 Å². The molecule has 19 heavy (non-hydrogen) atoms. The summed E-state index contributed by atoms with van der Waals surface area (Å²) in [6, 6.07) is 1.51. The number of hydrogen-bond acceptors (Lipinski definition) is 2. The van der Waals surface area contributed by atoms with Crippen LogP contribution in [0.1, 0.15) is 65.7 Å². The Morgan fingerprint density at radius 1 is 0.947 bits per heavy atom. The van der Waals surface area contributed by atoms with E-state index in [1.165, 1.54) is 64.6 Å². The molecule has 1 aliphatic carbocycles. The molecule has 1 saturated carbocycles. The maximum Gasteiger partial charge on any atom is 0.0192 e. The molecule has 3 unspecified atom stereocenters. The summed E-state index contributed by atoms with van der Waals surface area (Å²) in [5, 5.41) is 3.86. The third-order valence-corrected chi connectivity index (χ3v) is 5.42. The second-order valence-electron chi connectivity index (χ2n) is 7.21. The smallest absolute Gasteiger partial charge is 0.0192 e. The largest absolute Gasteiger partial charge is 0.312 e. The average molecular weight is 266 g/mol. The van der Waals surface area contributed by atoms with Crippen molar-refractivity contribution in [2.24, 2.45) is 11.8 Å². The van der Waals surface area contributed by atoms with Crippen molar-refractivity contribution in [1.82, 2.24) is 10.2 Å². The molecule has 0 bridgehead atoms. The Balaban J connectivity index is 1.68. The van der Waals surface area contributed by atoms with E-state index in [2.05, 4.69) is 31.0 Å². The Morgan fingerprint density at radius 2 is 1.68 bits per heavy atom. The molecule has 0 amide bonds. The maximum atomic E-state index is 3.86. The molecular weight excluding hydrogens is 232 g/mol. The van der Waals surface area contributed by atoms with Crippen LogP contribution in [0.15, 0.2) is 0 Å². The molecule has 2 heteroatoms. The summed E-state index contributed by atoms with van der Waals surface area (Å²) in [5.74, 6) is 1.85. The van der Waals surface area contributed by atoms with Gasteiger partial charge in [0.05, 0.1) is 0 Å². The van der Waals surface area contributed by atoms with Crippen LogP contribution in [-0.4, -0.2) is 36.6 Å². The highest BCUT2D eigenvalue weighted by atomic mass is 15.2. The van der Waals surface area contributed by atoms with Gasteiger partial charge in [-0.25, -0.2) is 0 Å². The van der Waals surface area contributed by atoms with E-state index >= 15 is 0 Å². The lowest BCUT2D eigenvalue weighted by molar-refractivity contribution is 0.242. The molecule has 112 valence electrons. The lowest BCUT2D eigenvalue weighted by Crippen LogP contribution is -2.42. The fraction of sp³-hybridized carbons (Fsp3) is 1.00. The van der Waals surface area contributed by atoms with Gasteiger partial charge in [-0.15, -0.1) is 0 Å². The van der Waals surface area contributed by atoms with Crippen LogP contribution >= 0.6 is 0 Å². The van der Waals surface area contributed by atoms with Gasteiger partial charge >= 0.3 is 0 Å². The van der Waals surface area contributed by atoms with Gasteiger partial charge in [-0.05, 0) is 64.0 Å². The zero-order valence-corrected chi connectivity index (χ0v) is 13.3. The third kappa shape index (κ3) is 4.75. The number of nitrogens with zero attached hydrogens (tertiary/aromatic N) is 1. The minimum Gasteiger partial charge on any atom is -0.312 e. The molecule has 1 saturated heterocycles. The van der Waals surface area contributed by atoms with Gasteiger partial charge in [-0.1, -0.05) is 26.7 Å². The van der Waals surface area contributed by atoms with E-state index in [4.69, 9.17) is 0 Å². The fourth-order valence-corrected chi connectivity index (χ4v) is 3.85. The minimum atomic E-state index is 0.728. The summed E-state index contributed by atoms with van der Waals surface area (Å²) < 4.78 is 0. The molecule has 2 fully saturated rings. The Morgan fingerprint density at radius 3 is 2.37 bits per heavy atom. The van der Waals surface area contributed by atoms with Crippen molar-refractivity contribution >= 4 is 0 Å². The van der Waals surface area contributed by atoms with Crippen molar-refractivity contribution in [3.05, 3.63) is 0 Å². The summed E-state index contributed by atoms with van der Waals surface area (Å²) in [7, 11) is 0. The van der Waals surface area contributed by atoms with Gasteiger partial charge in [0.25, 0.3) is 0 Å². The van der Waals surface area contributed by atoms with Gasteiger partial charge in [-0.3, -0.25) is 4.90 Å². The summed E-state index contributed by atoms with van der Waals surface area (Å²) in [4.78, 5) is 2.65. The highest BCUT2D eigenvalue weighted by molar-refractivity contribution is 4.80. The number of hydrogen-bond donors (Lipinski definition) is 1. The minimum absolute atomic E-state index is 0.728. The van der Waals surface area contributed by atoms with Crippen LogP contribution in [-0.2, 0) is 0 Å². The zero-order valence-electron chi connectivity index (χ0n) is 13.3. The zero-order chi connectivity index (χ0) is 13.7. The number of nitrogens with one attached hydrogen (secondary N) is 1. The van der Waals surface area contributed by atoms with Crippen LogP contribution in [0.2, 0.25) is 0 Å². The number of likely N-dealkylation sites (tertiary alicyclic amines) is 1. The predicted molar refractivity (Wildman–Crippen MR) is 83.5 cm³/mol. The second-order valence-corrected chi connectivity index (χ2v) is 7.21. The maximum absolute atomic E-state index is 3.86. The van der Waals surface area contributed by atoms with Crippen LogP contribution in [0.25, 0.3) is 0 Å². The first-order valence-electron chi connectivity index (χ1n) is 8.64. The molecule has 2 rings (SSSR count). The molecule has 2 nitrogen and oxygen atoms in total. The summed E-state index contributed by atoms with van der Waals surface area (Å²) in [6.45, 7) is 11.0. The molecule has 1 heterocycles. The van der Waals surface area contributed by atoms with Crippen molar-refractivity contribution in [2.75, 3.05) is 19.6 Å². The average Bonchev–Trinajstić information content (AvgIpc) is 2.81. The van der Waals surface area contributed by atoms with E-state index in [0.29, 0.717) is 0 Å². The third-order valence-electron chi connectivity index (χ3n) is 5.42. The van der Waals surface area contributed by atoms with Gasteiger partial charge in [0, 0.05) is 18.6 Å². The first-order valence-corrected chi connectivity index (χ1v) is 8.64. The van der Waals surface area contributed by atoms with Gasteiger partial charge in [0.2, 0.25) is 0 Å². The Bertz CT molecular complexity index is 246. The van der Waals surface area contributed by atoms with Crippen LogP contribution in [0.5, 0.6) is 0 Å². The molecule has 0 aromatic carbocycles. The lowest BCUT2D eigenvalue weighted by Gasteiger charge is -2.26. The highest BCUT2D eigenvalue weighted by Gasteiger charge is 2.22. The van der Waals surface area contributed by atoms with Gasteiger partial charge in [0.15, 0.2) is 0 Å². The van der Waals surface area contributed by atoms with Crippen LogP contribution in [0.3, 0.4) is 0 Å². The van der Waals surface area contributed by atoms with Crippen LogP contribution in [0, 0.1) is 11.8 Å². The van der Waals surface area contributed by atoms with Crippen molar-refractivity contribution in [3.63, 3.8) is 0 Å². The van der Waals surface area contributed by atoms with Crippen molar-refractivity contribution in [1.29, 1.82) is 0 Å². The Labute approximate surface area is 120 Å². The van der Waals surface area contributed by atoms with Gasteiger partial charge in [0.1, 0.15) is 0 Å². The monoisotopic (exact) mass is 266 g/mol. The second kappa shape index (κ2) is 7.64. The van der Waals surface area contributed by atoms with Crippen molar-refractivity contribution in [2.45, 2.75) is 77.8 Å². The summed E-state index contributed by atoms with van der Waals surface area (Å²) >= 11 is 0. The fourth-order valence-electron chi connectivity index (χ4n) is 3.85. The standard InChI is InChI=1S/C17H34N2/c1-14(2)16-7-6-8-17(10-9-16)18-13-15(3)19-11-4-5-12-19/h14-18H,4-13H2,1-3H3. The SMILES string of the molecule is CC(C)C1CCCC(NCC(C)N2CCCC2)CC1. The van der Waals surface area contributed by atoms with Gasteiger partial charge < -0.3 is 5.32 Å². The first kappa shape index (κ1) is 15.3.